The molecule has 0 unspecified atom stereocenters. The number of thiazole rings is 1. The highest BCUT2D eigenvalue weighted by Gasteiger charge is 2.30. The first kappa shape index (κ1) is 16.0. The highest BCUT2D eigenvalue weighted by atomic mass is 32.1. The fourth-order valence-electron chi connectivity index (χ4n) is 1.65. The number of hydrogen-bond acceptors (Lipinski definition) is 5. The average Bonchev–Trinajstić information content (AvgIpc) is 2.96. The summed E-state index contributed by atoms with van der Waals surface area (Å²) in [5, 5.41) is 13.8. The van der Waals surface area contributed by atoms with Crippen molar-refractivity contribution in [3.8, 4) is 16.3 Å². The van der Waals surface area contributed by atoms with E-state index in [9.17, 15) is 9.59 Å². The van der Waals surface area contributed by atoms with Crippen LogP contribution in [0.5, 0.6) is 5.75 Å². The maximum Gasteiger partial charge on any atom is 0.328 e. The number of hydrogen-bond donors (Lipinski definition) is 2. The molecule has 1 aromatic heterocycles. The number of benzene rings is 1. The second-order valence-corrected chi connectivity index (χ2v) is 6.01. The van der Waals surface area contributed by atoms with Crippen molar-refractivity contribution in [2.24, 2.45) is 0 Å². The second-order valence-electron chi connectivity index (χ2n) is 5.15. The quantitative estimate of drug-likeness (QED) is 0.883. The zero-order valence-corrected chi connectivity index (χ0v) is 13.2. The lowest BCUT2D eigenvalue weighted by Crippen LogP contribution is -2.49. The molecule has 22 heavy (non-hydrogen) atoms. The van der Waals surface area contributed by atoms with E-state index >= 15 is 0 Å². The molecule has 0 aliphatic rings. The Morgan fingerprint density at radius 2 is 1.91 bits per heavy atom. The number of amides is 1. The number of methoxy groups -OCH3 is 1. The number of rotatable bonds is 5. The van der Waals surface area contributed by atoms with Crippen LogP contribution in [0.25, 0.3) is 10.6 Å². The molecule has 2 aromatic rings. The number of nitrogens with one attached hydrogen (secondary N) is 1. The van der Waals surface area contributed by atoms with E-state index in [0.29, 0.717) is 5.01 Å². The van der Waals surface area contributed by atoms with Gasteiger partial charge in [0.15, 0.2) is 0 Å². The Kier molecular flexibility index (Phi) is 4.46. The fourth-order valence-corrected chi connectivity index (χ4v) is 2.45. The van der Waals surface area contributed by atoms with Gasteiger partial charge in [-0.05, 0) is 38.1 Å². The molecule has 1 amide bonds. The third-order valence-corrected chi connectivity index (χ3v) is 3.93. The molecule has 1 aromatic carbocycles. The van der Waals surface area contributed by atoms with Crippen LogP contribution in [0, 0.1) is 0 Å². The van der Waals surface area contributed by atoms with Gasteiger partial charge in [0, 0.05) is 10.9 Å². The van der Waals surface area contributed by atoms with E-state index in [-0.39, 0.29) is 5.69 Å². The number of aromatic nitrogens is 1. The summed E-state index contributed by atoms with van der Waals surface area (Å²) in [7, 11) is 1.59. The Bertz CT molecular complexity index is 692. The molecule has 0 aliphatic heterocycles. The lowest BCUT2D eigenvalue weighted by atomic mass is 10.1. The summed E-state index contributed by atoms with van der Waals surface area (Å²) in [4.78, 5) is 27.3. The summed E-state index contributed by atoms with van der Waals surface area (Å²) in [6.07, 6.45) is 0. The highest BCUT2D eigenvalue weighted by molar-refractivity contribution is 7.13. The molecule has 6 nitrogen and oxygen atoms in total. The van der Waals surface area contributed by atoms with Gasteiger partial charge in [0.25, 0.3) is 5.91 Å². The van der Waals surface area contributed by atoms with Gasteiger partial charge in [0.05, 0.1) is 7.11 Å². The van der Waals surface area contributed by atoms with Crippen LogP contribution >= 0.6 is 11.3 Å². The first-order chi connectivity index (χ1) is 10.3. The summed E-state index contributed by atoms with van der Waals surface area (Å²) in [6, 6.07) is 7.31. The van der Waals surface area contributed by atoms with Gasteiger partial charge in [-0.25, -0.2) is 9.78 Å². The molecule has 0 spiro atoms. The molecule has 0 aliphatic carbocycles. The van der Waals surface area contributed by atoms with E-state index in [1.165, 1.54) is 25.2 Å². The SMILES string of the molecule is COc1ccc(-c2nc(C(=O)NC(C)(C)C(=O)O)cs2)cc1. The maximum atomic E-state index is 12.1. The van der Waals surface area contributed by atoms with Crippen molar-refractivity contribution in [1.29, 1.82) is 0 Å². The van der Waals surface area contributed by atoms with Crippen LogP contribution in [0.3, 0.4) is 0 Å². The molecule has 2 rings (SSSR count). The third-order valence-electron chi connectivity index (χ3n) is 3.03. The largest absolute Gasteiger partial charge is 0.497 e. The van der Waals surface area contributed by atoms with Crippen molar-refractivity contribution in [1.82, 2.24) is 10.3 Å². The monoisotopic (exact) mass is 320 g/mol. The Balaban J connectivity index is 2.17. The van der Waals surface area contributed by atoms with E-state index in [1.54, 1.807) is 12.5 Å². The smallest absolute Gasteiger partial charge is 0.328 e. The molecule has 0 saturated carbocycles. The predicted octanol–water partition coefficient (Wildman–Crippen LogP) is 2.41. The molecular weight excluding hydrogens is 304 g/mol. The molecule has 1 heterocycles. The van der Waals surface area contributed by atoms with Crippen LogP contribution in [0.2, 0.25) is 0 Å². The number of ether oxygens (including phenoxy) is 1. The number of carbonyl (C=O) groups is 2. The Hall–Kier alpha value is -2.41. The molecule has 0 bridgehead atoms. The summed E-state index contributed by atoms with van der Waals surface area (Å²) in [5.74, 6) is -0.878. The molecule has 0 fully saturated rings. The molecule has 0 saturated heterocycles. The number of aliphatic carboxylic acids is 1. The average molecular weight is 320 g/mol. The number of carboxylic acids is 1. The van der Waals surface area contributed by atoms with Crippen LogP contribution < -0.4 is 10.1 Å². The van der Waals surface area contributed by atoms with Crippen LogP contribution in [0.15, 0.2) is 29.6 Å². The van der Waals surface area contributed by atoms with Crippen molar-refractivity contribution in [2.45, 2.75) is 19.4 Å². The van der Waals surface area contributed by atoms with Crippen LogP contribution in [0.4, 0.5) is 0 Å². The first-order valence-electron chi connectivity index (χ1n) is 6.49. The predicted molar refractivity (Wildman–Crippen MR) is 83.3 cm³/mol. The second kappa shape index (κ2) is 6.15. The number of carbonyl (C=O) groups excluding carboxylic acids is 1. The Morgan fingerprint density at radius 1 is 1.27 bits per heavy atom. The summed E-state index contributed by atoms with van der Waals surface area (Å²) >= 11 is 1.32. The van der Waals surface area contributed by atoms with E-state index in [4.69, 9.17) is 9.84 Å². The fraction of sp³-hybridized carbons (Fsp3) is 0.267. The molecule has 2 N–H and O–H groups in total. The van der Waals surface area contributed by atoms with E-state index in [2.05, 4.69) is 10.3 Å². The number of carboxylic acid groups (broad SMARTS) is 1. The van der Waals surface area contributed by atoms with Crippen LogP contribution in [-0.4, -0.2) is 34.6 Å². The first-order valence-corrected chi connectivity index (χ1v) is 7.37. The number of nitrogens with zero attached hydrogens (tertiary/aromatic N) is 1. The van der Waals surface area contributed by atoms with Crippen molar-refractivity contribution < 1.29 is 19.4 Å². The van der Waals surface area contributed by atoms with Gasteiger partial charge in [0.2, 0.25) is 0 Å². The Labute approximate surface area is 131 Å². The van der Waals surface area contributed by atoms with Crippen LogP contribution in [0.1, 0.15) is 24.3 Å². The van der Waals surface area contributed by atoms with Crippen LogP contribution in [-0.2, 0) is 4.79 Å². The summed E-state index contributed by atoms with van der Waals surface area (Å²) in [6.45, 7) is 2.84. The standard InChI is InChI=1S/C15H16N2O4S/c1-15(2,14(19)20)17-12(18)11-8-22-13(16-11)9-4-6-10(21-3)7-5-9/h4-8H,1-3H3,(H,17,18)(H,19,20). The maximum absolute atomic E-state index is 12.1. The van der Waals surface area contributed by atoms with Gasteiger partial charge in [-0.1, -0.05) is 0 Å². The van der Waals surface area contributed by atoms with Gasteiger partial charge in [0.1, 0.15) is 22.0 Å². The zero-order valence-electron chi connectivity index (χ0n) is 12.4. The van der Waals surface area contributed by atoms with E-state index in [1.807, 2.05) is 24.3 Å². The molecule has 0 atom stereocenters. The normalized spacial score (nSPS) is 11.0. The minimum Gasteiger partial charge on any atom is -0.497 e. The van der Waals surface area contributed by atoms with Gasteiger partial charge in [-0.2, -0.15) is 0 Å². The van der Waals surface area contributed by atoms with Gasteiger partial charge in [-0.3, -0.25) is 4.79 Å². The molecule has 116 valence electrons. The lowest BCUT2D eigenvalue weighted by Gasteiger charge is -2.20. The summed E-state index contributed by atoms with van der Waals surface area (Å²) in [5.41, 5.74) is -0.284. The van der Waals surface area contributed by atoms with E-state index in [0.717, 1.165) is 11.3 Å². The molecular formula is C15H16N2O4S. The molecule has 7 heteroatoms. The highest BCUT2D eigenvalue weighted by Crippen LogP contribution is 2.25. The van der Waals surface area contributed by atoms with Crippen molar-refractivity contribution in [3.05, 3.63) is 35.3 Å². The lowest BCUT2D eigenvalue weighted by molar-refractivity contribution is -0.143. The third kappa shape index (κ3) is 3.43. The minimum absolute atomic E-state index is 0.199. The van der Waals surface area contributed by atoms with Crippen molar-refractivity contribution in [2.75, 3.05) is 7.11 Å². The Morgan fingerprint density at radius 3 is 2.45 bits per heavy atom. The van der Waals surface area contributed by atoms with Crippen molar-refractivity contribution in [3.63, 3.8) is 0 Å². The zero-order chi connectivity index (χ0) is 16.3. The van der Waals surface area contributed by atoms with Gasteiger partial charge < -0.3 is 15.2 Å². The van der Waals surface area contributed by atoms with Crippen molar-refractivity contribution >= 4 is 23.2 Å². The van der Waals surface area contributed by atoms with Gasteiger partial charge in [-0.15, -0.1) is 11.3 Å². The van der Waals surface area contributed by atoms with E-state index < -0.39 is 17.4 Å². The molecule has 0 radical (unpaired) electrons. The van der Waals surface area contributed by atoms with Gasteiger partial charge >= 0.3 is 5.97 Å². The minimum atomic E-state index is -1.35. The topological polar surface area (TPSA) is 88.5 Å². The summed E-state index contributed by atoms with van der Waals surface area (Å²) < 4.78 is 5.09.